The van der Waals surface area contributed by atoms with E-state index < -0.39 is 11.5 Å². The van der Waals surface area contributed by atoms with Gasteiger partial charge in [0.15, 0.2) is 11.5 Å². The lowest BCUT2D eigenvalue weighted by atomic mass is 10.1. The molecule has 88 valence electrons. The molecular weight excluding hydrogens is 216 g/mol. The first kappa shape index (κ1) is 11.2. The Morgan fingerprint density at radius 2 is 2.19 bits per heavy atom. The van der Waals surface area contributed by atoms with Crippen molar-refractivity contribution in [2.24, 2.45) is 0 Å². The standard InChI is InChI=1S/C10H13F2N3O/c1-16-7-10(12)2-3-15(6-10)9-13-4-8(11)5-14-9/h4-5H,2-3,6-7H2,1H3. The average Bonchev–Trinajstić information content (AvgIpc) is 2.62. The number of aromatic nitrogens is 2. The fraction of sp³-hybridized carbons (Fsp3) is 0.600. The fourth-order valence-electron chi connectivity index (χ4n) is 1.85. The molecule has 1 aliphatic heterocycles. The highest BCUT2D eigenvalue weighted by molar-refractivity contribution is 5.32. The molecule has 0 aromatic carbocycles. The zero-order chi connectivity index (χ0) is 11.6. The summed E-state index contributed by atoms with van der Waals surface area (Å²) in [4.78, 5) is 9.33. The summed E-state index contributed by atoms with van der Waals surface area (Å²) in [6, 6.07) is 0. The van der Waals surface area contributed by atoms with Crippen molar-refractivity contribution in [3.05, 3.63) is 18.2 Å². The Hall–Kier alpha value is -1.30. The number of ether oxygens (including phenoxy) is 1. The number of hydrogen-bond donors (Lipinski definition) is 0. The van der Waals surface area contributed by atoms with Crippen LogP contribution in [-0.2, 0) is 4.74 Å². The molecule has 1 aliphatic rings. The highest BCUT2D eigenvalue weighted by atomic mass is 19.1. The number of anilines is 1. The average molecular weight is 229 g/mol. The monoisotopic (exact) mass is 229 g/mol. The third kappa shape index (κ3) is 2.27. The number of nitrogens with zero attached hydrogens (tertiary/aromatic N) is 3. The Bertz CT molecular complexity index is 360. The van der Waals surface area contributed by atoms with Crippen molar-refractivity contribution in [1.29, 1.82) is 0 Å². The van der Waals surface area contributed by atoms with E-state index in [-0.39, 0.29) is 13.2 Å². The maximum atomic E-state index is 14.0. The molecule has 1 saturated heterocycles. The van der Waals surface area contributed by atoms with Crippen LogP contribution in [0.1, 0.15) is 6.42 Å². The van der Waals surface area contributed by atoms with Crippen LogP contribution in [0.3, 0.4) is 0 Å². The quantitative estimate of drug-likeness (QED) is 0.780. The molecule has 0 aliphatic carbocycles. The second kappa shape index (κ2) is 4.29. The third-order valence-electron chi connectivity index (χ3n) is 2.60. The summed E-state index contributed by atoms with van der Waals surface area (Å²) >= 11 is 0. The minimum absolute atomic E-state index is 0.0602. The highest BCUT2D eigenvalue weighted by Gasteiger charge is 2.39. The number of methoxy groups -OCH3 is 1. The summed E-state index contributed by atoms with van der Waals surface area (Å²) in [5.74, 6) is -0.136. The first-order valence-electron chi connectivity index (χ1n) is 5.03. The van der Waals surface area contributed by atoms with E-state index in [9.17, 15) is 8.78 Å². The molecule has 1 unspecified atom stereocenters. The Labute approximate surface area is 92.3 Å². The molecule has 0 amide bonds. The van der Waals surface area contributed by atoms with Crippen LogP contribution in [0.4, 0.5) is 14.7 Å². The minimum Gasteiger partial charge on any atom is -0.381 e. The summed E-state index contributed by atoms with van der Waals surface area (Å²) in [6.07, 6.45) is 2.54. The maximum absolute atomic E-state index is 14.0. The van der Waals surface area contributed by atoms with E-state index in [0.29, 0.717) is 18.9 Å². The molecule has 0 N–H and O–H groups in total. The lowest BCUT2D eigenvalue weighted by Gasteiger charge is -2.19. The van der Waals surface area contributed by atoms with E-state index in [1.807, 2.05) is 0 Å². The van der Waals surface area contributed by atoms with Crippen LogP contribution in [0.25, 0.3) is 0 Å². The van der Waals surface area contributed by atoms with E-state index in [0.717, 1.165) is 12.4 Å². The Balaban J connectivity index is 2.06. The molecule has 1 atom stereocenters. The van der Waals surface area contributed by atoms with Crippen LogP contribution in [0.2, 0.25) is 0 Å². The normalized spacial score (nSPS) is 25.1. The number of rotatable bonds is 3. The zero-order valence-electron chi connectivity index (χ0n) is 8.99. The number of alkyl halides is 1. The van der Waals surface area contributed by atoms with Gasteiger partial charge in [-0.15, -0.1) is 0 Å². The van der Waals surface area contributed by atoms with Crippen molar-refractivity contribution in [3.8, 4) is 0 Å². The first-order valence-corrected chi connectivity index (χ1v) is 5.03. The molecule has 0 spiro atoms. The molecular formula is C10H13F2N3O. The van der Waals surface area contributed by atoms with Gasteiger partial charge in [0.1, 0.15) is 0 Å². The van der Waals surface area contributed by atoms with Gasteiger partial charge in [-0.05, 0) is 0 Å². The van der Waals surface area contributed by atoms with Crippen LogP contribution in [0, 0.1) is 5.82 Å². The molecule has 0 saturated carbocycles. The third-order valence-corrected chi connectivity index (χ3v) is 2.60. The van der Waals surface area contributed by atoms with Gasteiger partial charge in [0.25, 0.3) is 0 Å². The van der Waals surface area contributed by atoms with E-state index in [2.05, 4.69) is 9.97 Å². The zero-order valence-corrected chi connectivity index (χ0v) is 8.99. The van der Waals surface area contributed by atoms with Gasteiger partial charge in [-0.1, -0.05) is 0 Å². The minimum atomic E-state index is -1.35. The molecule has 1 aromatic heterocycles. The fourth-order valence-corrected chi connectivity index (χ4v) is 1.85. The predicted molar refractivity (Wildman–Crippen MR) is 54.5 cm³/mol. The molecule has 16 heavy (non-hydrogen) atoms. The van der Waals surface area contributed by atoms with Gasteiger partial charge in [-0.25, -0.2) is 18.7 Å². The topological polar surface area (TPSA) is 38.2 Å². The Morgan fingerprint density at radius 3 is 2.81 bits per heavy atom. The van der Waals surface area contributed by atoms with Crippen molar-refractivity contribution >= 4 is 5.95 Å². The summed E-state index contributed by atoms with van der Waals surface area (Å²) in [5, 5.41) is 0. The van der Waals surface area contributed by atoms with Crippen molar-refractivity contribution in [3.63, 3.8) is 0 Å². The van der Waals surface area contributed by atoms with E-state index in [4.69, 9.17) is 4.74 Å². The molecule has 2 rings (SSSR count). The molecule has 0 radical (unpaired) electrons. The van der Waals surface area contributed by atoms with E-state index in [1.165, 1.54) is 7.11 Å². The Morgan fingerprint density at radius 1 is 1.50 bits per heavy atom. The molecule has 4 nitrogen and oxygen atoms in total. The van der Waals surface area contributed by atoms with Crippen molar-refractivity contribution < 1.29 is 13.5 Å². The van der Waals surface area contributed by atoms with Gasteiger partial charge < -0.3 is 9.64 Å². The second-order valence-corrected chi connectivity index (χ2v) is 3.96. The Kier molecular flexibility index (Phi) is 3.00. The molecule has 2 heterocycles. The largest absolute Gasteiger partial charge is 0.381 e. The summed E-state index contributed by atoms with van der Waals surface area (Å²) < 4.78 is 31.5. The summed E-state index contributed by atoms with van der Waals surface area (Å²) in [5.41, 5.74) is -1.35. The van der Waals surface area contributed by atoms with Crippen LogP contribution in [0.5, 0.6) is 0 Å². The SMILES string of the molecule is COCC1(F)CCN(c2ncc(F)cn2)C1. The molecule has 6 heteroatoms. The van der Waals surface area contributed by atoms with Crippen LogP contribution < -0.4 is 4.90 Å². The van der Waals surface area contributed by atoms with Crippen molar-refractivity contribution in [1.82, 2.24) is 9.97 Å². The van der Waals surface area contributed by atoms with Gasteiger partial charge in [0.2, 0.25) is 5.95 Å². The summed E-state index contributed by atoms with van der Waals surface area (Å²) in [7, 11) is 1.47. The smallest absolute Gasteiger partial charge is 0.225 e. The lowest BCUT2D eigenvalue weighted by molar-refractivity contribution is 0.0570. The highest BCUT2D eigenvalue weighted by Crippen LogP contribution is 2.27. The van der Waals surface area contributed by atoms with Gasteiger partial charge >= 0.3 is 0 Å². The molecule has 1 fully saturated rings. The van der Waals surface area contributed by atoms with Crippen molar-refractivity contribution in [2.45, 2.75) is 12.1 Å². The van der Waals surface area contributed by atoms with Crippen LogP contribution in [-0.4, -0.2) is 42.4 Å². The van der Waals surface area contributed by atoms with Gasteiger partial charge in [-0.3, -0.25) is 0 Å². The molecule has 1 aromatic rings. The number of hydrogen-bond acceptors (Lipinski definition) is 4. The van der Waals surface area contributed by atoms with Crippen LogP contribution >= 0.6 is 0 Å². The lowest BCUT2D eigenvalue weighted by Crippen LogP contribution is -2.33. The van der Waals surface area contributed by atoms with Gasteiger partial charge in [0, 0.05) is 20.1 Å². The van der Waals surface area contributed by atoms with E-state index in [1.54, 1.807) is 4.90 Å². The molecule has 0 bridgehead atoms. The van der Waals surface area contributed by atoms with Gasteiger partial charge in [-0.2, -0.15) is 0 Å². The van der Waals surface area contributed by atoms with Crippen LogP contribution in [0.15, 0.2) is 12.4 Å². The van der Waals surface area contributed by atoms with Crippen molar-refractivity contribution in [2.75, 3.05) is 31.7 Å². The van der Waals surface area contributed by atoms with E-state index >= 15 is 0 Å². The van der Waals surface area contributed by atoms with Gasteiger partial charge in [0.05, 0.1) is 25.5 Å². The first-order chi connectivity index (χ1) is 7.63. The summed E-state index contributed by atoms with van der Waals surface area (Å²) in [6.45, 7) is 0.767. The second-order valence-electron chi connectivity index (χ2n) is 3.96. The number of halogens is 2. The predicted octanol–water partition coefficient (Wildman–Crippen LogP) is 1.18. The maximum Gasteiger partial charge on any atom is 0.225 e.